The van der Waals surface area contributed by atoms with Crippen molar-refractivity contribution in [2.24, 2.45) is 0 Å². The highest BCUT2D eigenvalue weighted by Gasteiger charge is 2.24. The lowest BCUT2D eigenvalue weighted by atomic mass is 10.1. The van der Waals surface area contributed by atoms with Gasteiger partial charge in [0, 0.05) is 25.5 Å². The number of hydrogen-bond donors (Lipinski definition) is 1. The number of carbonyl (C=O) groups excluding carboxylic acids is 1. The molecule has 0 radical (unpaired) electrons. The first-order valence-electron chi connectivity index (χ1n) is 8.47. The standard InChI is InChI=1S/C19H23N3O3/c1-24-16-6-4-15(5-7-16)13-21-19(23)22-12-2-3-18(14-22)25-17-8-10-20-11-9-17/h4-11,18H,2-3,12-14H2,1H3,(H,21,23). The summed E-state index contributed by atoms with van der Waals surface area (Å²) in [6.45, 7) is 1.84. The molecule has 1 unspecified atom stereocenters. The number of rotatable bonds is 5. The number of nitrogens with zero attached hydrogens (tertiary/aromatic N) is 2. The quantitative estimate of drug-likeness (QED) is 0.908. The summed E-state index contributed by atoms with van der Waals surface area (Å²) in [5, 5.41) is 2.97. The molecule has 1 N–H and O–H groups in total. The second-order valence-electron chi connectivity index (χ2n) is 6.02. The van der Waals surface area contributed by atoms with Crippen molar-refractivity contribution >= 4 is 6.03 Å². The monoisotopic (exact) mass is 341 g/mol. The van der Waals surface area contributed by atoms with Gasteiger partial charge in [0.05, 0.1) is 13.7 Å². The van der Waals surface area contributed by atoms with Crippen LogP contribution in [0.4, 0.5) is 4.79 Å². The Morgan fingerprint density at radius 3 is 2.68 bits per heavy atom. The lowest BCUT2D eigenvalue weighted by Crippen LogP contribution is -2.48. The topological polar surface area (TPSA) is 63.7 Å². The van der Waals surface area contributed by atoms with Crippen molar-refractivity contribution in [1.29, 1.82) is 0 Å². The number of carbonyl (C=O) groups is 1. The third-order valence-corrected chi connectivity index (χ3v) is 4.22. The predicted octanol–water partition coefficient (Wildman–Crippen LogP) is 2.84. The fraction of sp³-hybridized carbons (Fsp3) is 0.368. The Kier molecular flexibility index (Phi) is 5.72. The Morgan fingerprint density at radius 1 is 1.20 bits per heavy atom. The maximum Gasteiger partial charge on any atom is 0.317 e. The lowest BCUT2D eigenvalue weighted by molar-refractivity contribution is 0.101. The molecule has 6 nitrogen and oxygen atoms in total. The van der Waals surface area contributed by atoms with Crippen LogP contribution in [0.3, 0.4) is 0 Å². The van der Waals surface area contributed by atoms with Crippen LogP contribution in [0.15, 0.2) is 48.8 Å². The van der Waals surface area contributed by atoms with Gasteiger partial charge in [-0.25, -0.2) is 4.79 Å². The number of ether oxygens (including phenoxy) is 2. The van der Waals surface area contributed by atoms with E-state index in [-0.39, 0.29) is 12.1 Å². The Hall–Kier alpha value is -2.76. The molecular formula is C19H23N3O3. The van der Waals surface area contributed by atoms with Gasteiger partial charge in [0.15, 0.2) is 0 Å². The molecule has 2 heterocycles. The minimum atomic E-state index is -0.0566. The molecule has 0 spiro atoms. The fourth-order valence-corrected chi connectivity index (χ4v) is 2.86. The number of amides is 2. The minimum absolute atomic E-state index is 0.0166. The summed E-state index contributed by atoms with van der Waals surface area (Å²) in [5.41, 5.74) is 1.04. The van der Waals surface area contributed by atoms with E-state index in [0.717, 1.165) is 36.4 Å². The van der Waals surface area contributed by atoms with Gasteiger partial charge in [0.2, 0.25) is 0 Å². The molecule has 1 aromatic heterocycles. The van der Waals surface area contributed by atoms with E-state index in [9.17, 15) is 4.79 Å². The molecule has 25 heavy (non-hydrogen) atoms. The number of pyridine rings is 1. The van der Waals surface area contributed by atoms with Crippen molar-refractivity contribution in [2.75, 3.05) is 20.2 Å². The molecule has 2 aromatic rings. The summed E-state index contributed by atoms with van der Waals surface area (Å²) in [6.07, 6.45) is 5.31. The second-order valence-corrected chi connectivity index (χ2v) is 6.02. The zero-order chi connectivity index (χ0) is 17.5. The normalized spacial score (nSPS) is 17.0. The van der Waals surface area contributed by atoms with Gasteiger partial charge in [0.1, 0.15) is 17.6 Å². The van der Waals surface area contributed by atoms with E-state index in [1.807, 2.05) is 41.3 Å². The Balaban J connectivity index is 1.49. The van der Waals surface area contributed by atoms with Crippen LogP contribution in [0, 0.1) is 0 Å². The highest BCUT2D eigenvalue weighted by molar-refractivity contribution is 5.74. The molecule has 1 atom stereocenters. The van der Waals surface area contributed by atoms with Gasteiger partial charge >= 0.3 is 6.03 Å². The smallest absolute Gasteiger partial charge is 0.317 e. The number of nitrogens with one attached hydrogen (secondary N) is 1. The van der Waals surface area contributed by atoms with E-state index in [2.05, 4.69) is 10.3 Å². The maximum absolute atomic E-state index is 12.4. The highest BCUT2D eigenvalue weighted by atomic mass is 16.5. The molecule has 2 amide bonds. The van der Waals surface area contributed by atoms with Crippen LogP contribution >= 0.6 is 0 Å². The first-order valence-corrected chi connectivity index (χ1v) is 8.47. The molecule has 132 valence electrons. The predicted molar refractivity (Wildman–Crippen MR) is 94.7 cm³/mol. The number of methoxy groups -OCH3 is 1. The molecule has 6 heteroatoms. The van der Waals surface area contributed by atoms with Crippen LogP contribution in [0.2, 0.25) is 0 Å². The largest absolute Gasteiger partial charge is 0.497 e. The molecule has 0 bridgehead atoms. The van der Waals surface area contributed by atoms with E-state index in [4.69, 9.17) is 9.47 Å². The van der Waals surface area contributed by atoms with Gasteiger partial charge < -0.3 is 19.7 Å². The van der Waals surface area contributed by atoms with E-state index in [0.29, 0.717) is 13.1 Å². The SMILES string of the molecule is COc1ccc(CNC(=O)N2CCCC(Oc3ccncc3)C2)cc1. The van der Waals surface area contributed by atoms with Gasteiger partial charge in [-0.3, -0.25) is 4.98 Å². The molecule has 0 saturated carbocycles. The number of piperidine rings is 1. The maximum atomic E-state index is 12.4. The van der Waals surface area contributed by atoms with Crippen molar-refractivity contribution in [3.8, 4) is 11.5 Å². The molecule has 3 rings (SSSR count). The van der Waals surface area contributed by atoms with Gasteiger partial charge in [-0.15, -0.1) is 0 Å². The number of benzene rings is 1. The van der Waals surface area contributed by atoms with Crippen molar-refractivity contribution in [3.05, 3.63) is 54.4 Å². The fourth-order valence-electron chi connectivity index (χ4n) is 2.86. The summed E-state index contributed by atoms with van der Waals surface area (Å²) >= 11 is 0. The van der Waals surface area contributed by atoms with Crippen LogP contribution in [0.1, 0.15) is 18.4 Å². The van der Waals surface area contributed by atoms with Crippen molar-refractivity contribution in [1.82, 2.24) is 15.2 Å². The van der Waals surface area contributed by atoms with E-state index in [1.165, 1.54) is 0 Å². The molecule has 1 fully saturated rings. The molecular weight excluding hydrogens is 318 g/mol. The average Bonchev–Trinajstić information content (AvgIpc) is 2.67. The van der Waals surface area contributed by atoms with Crippen molar-refractivity contribution < 1.29 is 14.3 Å². The number of aromatic nitrogens is 1. The summed E-state index contributed by atoms with van der Waals surface area (Å²) < 4.78 is 11.1. The minimum Gasteiger partial charge on any atom is -0.497 e. The van der Waals surface area contributed by atoms with Gasteiger partial charge in [-0.05, 0) is 42.7 Å². The summed E-state index contributed by atoms with van der Waals surface area (Å²) in [4.78, 5) is 18.2. The van der Waals surface area contributed by atoms with Crippen molar-refractivity contribution in [2.45, 2.75) is 25.5 Å². The summed E-state index contributed by atoms with van der Waals surface area (Å²) in [7, 11) is 1.64. The van der Waals surface area contributed by atoms with Crippen LogP contribution in [0.5, 0.6) is 11.5 Å². The van der Waals surface area contributed by atoms with E-state index in [1.54, 1.807) is 19.5 Å². The van der Waals surface area contributed by atoms with Gasteiger partial charge in [-0.2, -0.15) is 0 Å². The Labute approximate surface area is 147 Å². The van der Waals surface area contributed by atoms with E-state index >= 15 is 0 Å². The van der Waals surface area contributed by atoms with Gasteiger partial charge in [-0.1, -0.05) is 12.1 Å². The van der Waals surface area contributed by atoms with Crippen LogP contribution < -0.4 is 14.8 Å². The lowest BCUT2D eigenvalue weighted by Gasteiger charge is -2.32. The zero-order valence-corrected chi connectivity index (χ0v) is 14.4. The molecule has 1 aliphatic heterocycles. The van der Waals surface area contributed by atoms with Gasteiger partial charge in [0.25, 0.3) is 0 Å². The van der Waals surface area contributed by atoms with Crippen LogP contribution in [-0.4, -0.2) is 42.2 Å². The Bertz CT molecular complexity index is 676. The Morgan fingerprint density at radius 2 is 1.96 bits per heavy atom. The zero-order valence-electron chi connectivity index (χ0n) is 14.4. The summed E-state index contributed by atoms with van der Waals surface area (Å²) in [6, 6.07) is 11.3. The number of urea groups is 1. The number of likely N-dealkylation sites (tertiary alicyclic amines) is 1. The molecule has 1 aromatic carbocycles. The molecule has 1 saturated heterocycles. The summed E-state index contributed by atoms with van der Waals surface area (Å²) in [5.74, 6) is 1.60. The van der Waals surface area contributed by atoms with E-state index < -0.39 is 0 Å². The average molecular weight is 341 g/mol. The first kappa shape index (κ1) is 17.1. The third-order valence-electron chi connectivity index (χ3n) is 4.22. The third kappa shape index (κ3) is 4.86. The van der Waals surface area contributed by atoms with Crippen LogP contribution in [-0.2, 0) is 6.54 Å². The first-order chi connectivity index (χ1) is 12.2. The van der Waals surface area contributed by atoms with Crippen molar-refractivity contribution in [3.63, 3.8) is 0 Å². The van der Waals surface area contributed by atoms with Crippen LogP contribution in [0.25, 0.3) is 0 Å². The molecule has 0 aliphatic carbocycles. The number of hydrogen-bond acceptors (Lipinski definition) is 4. The molecule has 1 aliphatic rings. The second kappa shape index (κ2) is 8.37. The highest BCUT2D eigenvalue weighted by Crippen LogP contribution is 2.18.